The van der Waals surface area contributed by atoms with Gasteiger partial charge in [0.2, 0.25) is 0 Å². The molecule has 0 aromatic heterocycles. The second kappa shape index (κ2) is 11.3. The molecule has 1 aliphatic rings. The summed E-state index contributed by atoms with van der Waals surface area (Å²) in [5.41, 5.74) is 1.91. The first kappa shape index (κ1) is 26.7. The molecule has 0 amide bonds. The maximum absolute atomic E-state index is 13.8. The molecular weight excluding hydrogens is 388 g/mol. The van der Waals surface area contributed by atoms with E-state index in [1.165, 1.54) is 0 Å². The fraction of sp³-hybridized carbons (Fsp3) is 0.556. The van der Waals surface area contributed by atoms with Crippen LogP contribution in [-0.2, 0) is 9.59 Å². The molecule has 1 aliphatic carbocycles. The molecular formula is C27H40O4. The van der Waals surface area contributed by atoms with Gasteiger partial charge in [-0.2, -0.15) is 0 Å². The van der Waals surface area contributed by atoms with Gasteiger partial charge in [-0.1, -0.05) is 55.2 Å². The van der Waals surface area contributed by atoms with Crippen molar-refractivity contribution in [3.63, 3.8) is 0 Å². The highest BCUT2D eigenvalue weighted by molar-refractivity contribution is 6.24. The lowest BCUT2D eigenvalue weighted by atomic mass is 9.66. The molecule has 0 fully saturated rings. The Kier molecular flexibility index (Phi) is 9.73. The van der Waals surface area contributed by atoms with Crippen LogP contribution in [-0.4, -0.2) is 21.8 Å². The minimum Gasteiger partial charge on any atom is -0.511 e. The number of carbonyl (C=O) groups excluding carboxylic acids is 2. The number of aliphatic hydroxyl groups is 2. The van der Waals surface area contributed by atoms with Crippen molar-refractivity contribution in [1.82, 2.24) is 0 Å². The second-order valence-corrected chi connectivity index (χ2v) is 9.56. The van der Waals surface area contributed by atoms with Gasteiger partial charge < -0.3 is 10.2 Å². The molecule has 4 heteroatoms. The molecule has 0 heterocycles. The fourth-order valence-corrected chi connectivity index (χ4v) is 3.55. The predicted molar refractivity (Wildman–Crippen MR) is 128 cm³/mol. The SMILES string of the molecule is CCC(C)CC(=O)C1=C(O)C(CC=C(C)C)=C(O)C(CC=C(C)C)(CC=C(C)C)C1=O. The average Bonchev–Trinajstić information content (AvgIpc) is 2.66. The van der Waals surface area contributed by atoms with E-state index in [9.17, 15) is 19.8 Å². The zero-order valence-electron chi connectivity index (χ0n) is 20.6. The van der Waals surface area contributed by atoms with Crippen molar-refractivity contribution >= 4 is 11.6 Å². The van der Waals surface area contributed by atoms with E-state index >= 15 is 0 Å². The van der Waals surface area contributed by atoms with E-state index in [1.807, 2.05) is 73.6 Å². The summed E-state index contributed by atoms with van der Waals surface area (Å²) in [5, 5.41) is 22.3. The number of hydrogen-bond donors (Lipinski definition) is 2. The van der Waals surface area contributed by atoms with Gasteiger partial charge in [-0.25, -0.2) is 0 Å². The van der Waals surface area contributed by atoms with E-state index in [1.54, 1.807) is 0 Å². The molecule has 2 N–H and O–H groups in total. The third kappa shape index (κ3) is 6.56. The quantitative estimate of drug-likeness (QED) is 0.284. The van der Waals surface area contributed by atoms with E-state index in [0.29, 0.717) is 0 Å². The first-order valence-electron chi connectivity index (χ1n) is 11.2. The monoisotopic (exact) mass is 428 g/mol. The Bertz CT molecular complexity index is 830. The summed E-state index contributed by atoms with van der Waals surface area (Å²) in [6.07, 6.45) is 7.54. The smallest absolute Gasteiger partial charge is 0.184 e. The van der Waals surface area contributed by atoms with Crippen LogP contribution in [0, 0.1) is 11.3 Å². The van der Waals surface area contributed by atoms with Gasteiger partial charge in [0.05, 0.1) is 5.41 Å². The maximum Gasteiger partial charge on any atom is 0.184 e. The molecule has 4 nitrogen and oxygen atoms in total. The zero-order valence-corrected chi connectivity index (χ0v) is 20.6. The highest BCUT2D eigenvalue weighted by Crippen LogP contribution is 2.47. The van der Waals surface area contributed by atoms with Crippen molar-refractivity contribution in [2.75, 3.05) is 0 Å². The Morgan fingerprint density at radius 3 is 1.84 bits per heavy atom. The summed E-state index contributed by atoms with van der Waals surface area (Å²) in [6, 6.07) is 0. The summed E-state index contributed by atoms with van der Waals surface area (Å²) < 4.78 is 0. The number of hydrogen-bond acceptors (Lipinski definition) is 4. The summed E-state index contributed by atoms with van der Waals surface area (Å²) >= 11 is 0. The van der Waals surface area contributed by atoms with Crippen LogP contribution in [0.25, 0.3) is 0 Å². The van der Waals surface area contributed by atoms with Gasteiger partial charge in [0.1, 0.15) is 17.1 Å². The molecule has 0 aromatic carbocycles. The van der Waals surface area contributed by atoms with Crippen molar-refractivity contribution in [3.8, 4) is 0 Å². The number of Topliss-reactive ketones (excluding diaryl/α,β-unsaturated/α-hetero) is 2. The molecule has 1 atom stereocenters. The standard InChI is InChI=1S/C27H40O4/c1-9-20(8)16-22(28)23-24(29)21(11-10-17(2)3)25(30)27(26(23)31,14-12-18(4)5)15-13-19(6)7/h10,12-13,20,29-30H,9,11,14-16H2,1-8H3. The number of carbonyl (C=O) groups is 2. The minimum atomic E-state index is -1.29. The number of allylic oxidation sites excluding steroid dienone is 9. The van der Waals surface area contributed by atoms with E-state index in [2.05, 4.69) is 0 Å². The van der Waals surface area contributed by atoms with Gasteiger partial charge in [0, 0.05) is 12.0 Å². The summed E-state index contributed by atoms with van der Waals surface area (Å²) in [7, 11) is 0. The minimum absolute atomic E-state index is 0.103. The predicted octanol–water partition coefficient (Wildman–Crippen LogP) is 7.25. The lowest BCUT2D eigenvalue weighted by Crippen LogP contribution is -2.41. The van der Waals surface area contributed by atoms with Crippen LogP contribution < -0.4 is 0 Å². The molecule has 1 rings (SSSR count). The Hall–Kier alpha value is -2.36. The Balaban J connectivity index is 3.80. The van der Waals surface area contributed by atoms with E-state index in [0.717, 1.165) is 23.1 Å². The van der Waals surface area contributed by atoms with Crippen molar-refractivity contribution in [2.24, 2.45) is 11.3 Å². The summed E-state index contributed by atoms with van der Waals surface area (Å²) in [5.74, 6) is -1.21. The fourth-order valence-electron chi connectivity index (χ4n) is 3.55. The molecule has 0 spiro atoms. The Labute approximate surface area is 188 Å². The van der Waals surface area contributed by atoms with Gasteiger partial charge in [-0.3, -0.25) is 9.59 Å². The number of aliphatic hydroxyl groups excluding tert-OH is 2. The first-order valence-corrected chi connectivity index (χ1v) is 11.2. The van der Waals surface area contributed by atoms with Crippen molar-refractivity contribution in [3.05, 3.63) is 57.6 Å². The van der Waals surface area contributed by atoms with E-state index in [4.69, 9.17) is 0 Å². The average molecular weight is 429 g/mol. The molecule has 1 unspecified atom stereocenters. The molecule has 172 valence electrons. The van der Waals surface area contributed by atoms with E-state index < -0.39 is 11.2 Å². The van der Waals surface area contributed by atoms with Crippen LogP contribution >= 0.6 is 0 Å². The lowest BCUT2D eigenvalue weighted by molar-refractivity contribution is -0.128. The third-order valence-corrected chi connectivity index (χ3v) is 5.87. The third-order valence-electron chi connectivity index (χ3n) is 5.87. The first-order chi connectivity index (χ1) is 14.4. The largest absolute Gasteiger partial charge is 0.511 e. The normalized spacial score (nSPS) is 16.7. The molecule has 0 saturated heterocycles. The Morgan fingerprint density at radius 1 is 0.935 bits per heavy atom. The van der Waals surface area contributed by atoms with Gasteiger partial charge in [-0.15, -0.1) is 0 Å². The topological polar surface area (TPSA) is 74.6 Å². The molecule has 0 aliphatic heterocycles. The maximum atomic E-state index is 13.8. The van der Waals surface area contributed by atoms with Crippen LogP contribution in [0.3, 0.4) is 0 Å². The van der Waals surface area contributed by atoms with Crippen LogP contribution in [0.5, 0.6) is 0 Å². The lowest BCUT2D eigenvalue weighted by Gasteiger charge is -2.36. The van der Waals surface area contributed by atoms with Gasteiger partial charge in [0.15, 0.2) is 11.6 Å². The number of ketones is 2. The van der Waals surface area contributed by atoms with Gasteiger partial charge in [-0.05, 0) is 66.7 Å². The molecule has 31 heavy (non-hydrogen) atoms. The zero-order chi connectivity index (χ0) is 23.9. The van der Waals surface area contributed by atoms with Gasteiger partial charge >= 0.3 is 0 Å². The van der Waals surface area contributed by atoms with Crippen molar-refractivity contribution < 1.29 is 19.8 Å². The molecule has 0 saturated carbocycles. The molecule has 0 radical (unpaired) electrons. The second-order valence-electron chi connectivity index (χ2n) is 9.56. The van der Waals surface area contributed by atoms with Crippen LogP contribution in [0.2, 0.25) is 0 Å². The number of rotatable bonds is 10. The highest BCUT2D eigenvalue weighted by Gasteiger charge is 2.50. The van der Waals surface area contributed by atoms with Crippen LogP contribution in [0.15, 0.2) is 57.6 Å². The van der Waals surface area contributed by atoms with Gasteiger partial charge in [0.25, 0.3) is 0 Å². The molecule has 0 aromatic rings. The summed E-state index contributed by atoms with van der Waals surface area (Å²) in [4.78, 5) is 26.9. The Morgan fingerprint density at radius 2 is 1.42 bits per heavy atom. The van der Waals surface area contributed by atoms with E-state index in [-0.39, 0.29) is 60.0 Å². The van der Waals surface area contributed by atoms with Crippen molar-refractivity contribution in [2.45, 2.75) is 87.5 Å². The highest BCUT2D eigenvalue weighted by atomic mass is 16.3. The summed E-state index contributed by atoms with van der Waals surface area (Å²) in [6.45, 7) is 15.6. The van der Waals surface area contributed by atoms with Crippen LogP contribution in [0.4, 0.5) is 0 Å². The molecule has 0 bridgehead atoms. The van der Waals surface area contributed by atoms with Crippen molar-refractivity contribution in [1.29, 1.82) is 0 Å². The van der Waals surface area contributed by atoms with Crippen LogP contribution in [0.1, 0.15) is 87.5 Å².